The van der Waals surface area contributed by atoms with Crippen LogP contribution in [0, 0.1) is 11.3 Å². The van der Waals surface area contributed by atoms with Gasteiger partial charge in [0.1, 0.15) is 12.4 Å². The van der Waals surface area contributed by atoms with Crippen LogP contribution in [-0.2, 0) is 14.3 Å². The van der Waals surface area contributed by atoms with Crippen LogP contribution in [-0.4, -0.2) is 18.4 Å². The first-order valence-corrected chi connectivity index (χ1v) is 8.47. The third-order valence-corrected chi connectivity index (χ3v) is 5.08. The molecule has 0 spiro atoms. The summed E-state index contributed by atoms with van der Waals surface area (Å²) in [6, 6.07) is 0. The van der Waals surface area contributed by atoms with Crippen molar-refractivity contribution in [3.63, 3.8) is 0 Å². The standard InChI is InChI=1S/C19H28O3/c1-14(7-9-16-6-4-5-11-19(16,2)3)17(20)10-8-15-12-18(21)22-13-15/h6,12,14H,4-5,7-11,13H2,1-3H3/t14-/m0/s1. The van der Waals surface area contributed by atoms with Crippen molar-refractivity contribution in [1.82, 2.24) is 0 Å². The van der Waals surface area contributed by atoms with Crippen molar-refractivity contribution in [2.24, 2.45) is 11.3 Å². The number of hydrogen-bond acceptors (Lipinski definition) is 3. The number of rotatable bonds is 7. The van der Waals surface area contributed by atoms with Crippen molar-refractivity contribution in [1.29, 1.82) is 0 Å². The minimum absolute atomic E-state index is 0.0947. The van der Waals surface area contributed by atoms with Crippen molar-refractivity contribution >= 4 is 11.8 Å². The highest BCUT2D eigenvalue weighted by atomic mass is 16.5. The first-order chi connectivity index (χ1) is 10.4. The summed E-state index contributed by atoms with van der Waals surface area (Å²) in [6.07, 6.45) is 10.8. The van der Waals surface area contributed by atoms with Crippen LogP contribution >= 0.6 is 0 Å². The van der Waals surface area contributed by atoms with Crippen LogP contribution in [0.2, 0.25) is 0 Å². The average Bonchev–Trinajstić information content (AvgIpc) is 2.88. The molecule has 2 rings (SSSR count). The van der Waals surface area contributed by atoms with Gasteiger partial charge in [0, 0.05) is 18.4 Å². The molecular formula is C19H28O3. The van der Waals surface area contributed by atoms with Gasteiger partial charge in [0.15, 0.2) is 0 Å². The van der Waals surface area contributed by atoms with E-state index in [2.05, 4.69) is 19.9 Å². The Bertz CT molecular complexity index is 497. The third kappa shape index (κ3) is 4.56. The molecule has 0 saturated heterocycles. The zero-order valence-corrected chi connectivity index (χ0v) is 14.1. The third-order valence-electron chi connectivity index (χ3n) is 5.08. The van der Waals surface area contributed by atoms with E-state index in [4.69, 9.17) is 4.74 Å². The van der Waals surface area contributed by atoms with Gasteiger partial charge in [-0.1, -0.05) is 32.4 Å². The van der Waals surface area contributed by atoms with Crippen LogP contribution in [0.4, 0.5) is 0 Å². The molecule has 1 aliphatic heterocycles. The molecule has 1 atom stereocenters. The Morgan fingerprint density at radius 1 is 1.36 bits per heavy atom. The molecule has 0 saturated carbocycles. The topological polar surface area (TPSA) is 43.4 Å². The number of allylic oxidation sites excluding steroid dienone is 2. The smallest absolute Gasteiger partial charge is 0.331 e. The lowest BCUT2D eigenvalue weighted by molar-refractivity contribution is -0.134. The Kier molecular flexibility index (Phi) is 5.60. The van der Waals surface area contributed by atoms with Gasteiger partial charge in [0.2, 0.25) is 0 Å². The van der Waals surface area contributed by atoms with Crippen molar-refractivity contribution in [2.75, 3.05) is 6.61 Å². The first kappa shape index (κ1) is 17.0. The lowest BCUT2D eigenvalue weighted by Gasteiger charge is -2.32. The molecule has 0 aromatic carbocycles. The Balaban J connectivity index is 1.75. The SMILES string of the molecule is C[C@@H](CCC1=CCCCC1(C)C)C(=O)CCC1=CC(=O)OC1. The van der Waals surface area contributed by atoms with Crippen LogP contribution < -0.4 is 0 Å². The summed E-state index contributed by atoms with van der Waals surface area (Å²) in [7, 11) is 0. The first-order valence-electron chi connectivity index (χ1n) is 8.47. The van der Waals surface area contributed by atoms with Gasteiger partial charge in [-0.05, 0) is 49.5 Å². The molecule has 0 unspecified atom stereocenters. The molecule has 3 heteroatoms. The maximum Gasteiger partial charge on any atom is 0.331 e. The normalized spacial score (nSPS) is 21.9. The van der Waals surface area contributed by atoms with Gasteiger partial charge in [-0.2, -0.15) is 0 Å². The van der Waals surface area contributed by atoms with E-state index in [1.807, 2.05) is 6.92 Å². The van der Waals surface area contributed by atoms with E-state index in [9.17, 15) is 9.59 Å². The van der Waals surface area contributed by atoms with Crippen molar-refractivity contribution in [3.05, 3.63) is 23.3 Å². The predicted molar refractivity (Wildman–Crippen MR) is 87.4 cm³/mol. The van der Waals surface area contributed by atoms with Crippen LogP contribution in [0.5, 0.6) is 0 Å². The molecule has 3 nitrogen and oxygen atoms in total. The zero-order chi connectivity index (χ0) is 16.2. The molecule has 0 radical (unpaired) electrons. The summed E-state index contributed by atoms with van der Waals surface area (Å²) >= 11 is 0. The highest BCUT2D eigenvalue weighted by molar-refractivity contribution is 5.86. The van der Waals surface area contributed by atoms with Crippen LogP contribution in [0.25, 0.3) is 0 Å². The molecule has 0 N–H and O–H groups in total. The van der Waals surface area contributed by atoms with Gasteiger partial charge >= 0.3 is 5.97 Å². The highest BCUT2D eigenvalue weighted by Crippen LogP contribution is 2.39. The van der Waals surface area contributed by atoms with E-state index < -0.39 is 0 Å². The predicted octanol–water partition coefficient (Wildman–Crippen LogP) is 4.37. The molecule has 2 aliphatic rings. The minimum atomic E-state index is -0.276. The number of hydrogen-bond donors (Lipinski definition) is 0. The van der Waals surface area contributed by atoms with Gasteiger partial charge in [0.25, 0.3) is 0 Å². The quantitative estimate of drug-likeness (QED) is 0.518. The molecule has 0 amide bonds. The monoisotopic (exact) mass is 304 g/mol. The fourth-order valence-electron chi connectivity index (χ4n) is 3.32. The number of ketones is 1. The maximum absolute atomic E-state index is 12.2. The number of carbonyl (C=O) groups excluding carboxylic acids is 2. The van der Waals surface area contributed by atoms with E-state index in [0.717, 1.165) is 18.4 Å². The molecule has 0 bridgehead atoms. The van der Waals surface area contributed by atoms with E-state index in [0.29, 0.717) is 30.6 Å². The summed E-state index contributed by atoms with van der Waals surface area (Å²) in [5, 5.41) is 0. The van der Waals surface area contributed by atoms with Crippen molar-refractivity contribution in [2.45, 2.75) is 65.7 Å². The molecule has 0 fully saturated rings. The fraction of sp³-hybridized carbons (Fsp3) is 0.684. The molecule has 1 heterocycles. The number of Topliss-reactive ketones (excluding diaryl/α,β-unsaturated/α-hetero) is 1. The molecular weight excluding hydrogens is 276 g/mol. The summed E-state index contributed by atoms with van der Waals surface area (Å²) in [6.45, 7) is 7.02. The van der Waals surface area contributed by atoms with Crippen molar-refractivity contribution in [3.8, 4) is 0 Å². The van der Waals surface area contributed by atoms with Crippen LogP contribution in [0.15, 0.2) is 23.3 Å². The van der Waals surface area contributed by atoms with E-state index >= 15 is 0 Å². The van der Waals surface area contributed by atoms with Gasteiger partial charge < -0.3 is 4.74 Å². The largest absolute Gasteiger partial charge is 0.458 e. The second-order valence-corrected chi connectivity index (χ2v) is 7.32. The summed E-state index contributed by atoms with van der Waals surface area (Å²) in [4.78, 5) is 23.2. The zero-order valence-electron chi connectivity index (χ0n) is 14.1. The maximum atomic E-state index is 12.2. The number of ether oxygens (including phenoxy) is 1. The Morgan fingerprint density at radius 3 is 2.77 bits per heavy atom. The summed E-state index contributed by atoms with van der Waals surface area (Å²) in [5.41, 5.74) is 2.77. The van der Waals surface area contributed by atoms with Gasteiger partial charge in [-0.15, -0.1) is 0 Å². The number of carbonyl (C=O) groups is 2. The molecule has 0 aromatic heterocycles. The highest BCUT2D eigenvalue weighted by Gasteiger charge is 2.26. The Morgan fingerprint density at radius 2 is 2.14 bits per heavy atom. The molecule has 0 aromatic rings. The van der Waals surface area contributed by atoms with Crippen molar-refractivity contribution < 1.29 is 14.3 Å². The van der Waals surface area contributed by atoms with Crippen LogP contribution in [0.3, 0.4) is 0 Å². The van der Waals surface area contributed by atoms with Gasteiger partial charge in [-0.3, -0.25) is 4.79 Å². The molecule has 122 valence electrons. The van der Waals surface area contributed by atoms with Gasteiger partial charge in [-0.25, -0.2) is 4.79 Å². The van der Waals surface area contributed by atoms with E-state index in [1.165, 1.54) is 30.9 Å². The van der Waals surface area contributed by atoms with E-state index in [1.54, 1.807) is 0 Å². The fourth-order valence-corrected chi connectivity index (χ4v) is 3.32. The van der Waals surface area contributed by atoms with Gasteiger partial charge in [0.05, 0.1) is 0 Å². The lowest BCUT2D eigenvalue weighted by Crippen LogP contribution is -2.19. The Hall–Kier alpha value is -1.38. The summed E-state index contributed by atoms with van der Waals surface area (Å²) < 4.78 is 4.86. The minimum Gasteiger partial charge on any atom is -0.458 e. The second-order valence-electron chi connectivity index (χ2n) is 7.32. The number of cyclic esters (lactones) is 1. The molecule has 22 heavy (non-hydrogen) atoms. The number of esters is 1. The lowest BCUT2D eigenvalue weighted by atomic mass is 9.73. The Labute approximate surface area is 133 Å². The second kappa shape index (κ2) is 7.26. The summed E-state index contributed by atoms with van der Waals surface area (Å²) in [5.74, 6) is 0.119. The average molecular weight is 304 g/mol. The molecule has 1 aliphatic carbocycles. The van der Waals surface area contributed by atoms with E-state index in [-0.39, 0.29) is 11.9 Å². The van der Waals surface area contributed by atoms with Crippen LogP contribution in [0.1, 0.15) is 65.7 Å².